The fraction of sp³-hybridized carbons (Fsp3) is 0.600. The predicted octanol–water partition coefficient (Wildman–Crippen LogP) is 3.30. The second-order valence-electron chi connectivity index (χ2n) is 9.49. The molecule has 2 saturated heterocycles. The molecule has 0 radical (unpaired) electrons. The highest BCUT2D eigenvalue weighted by Gasteiger charge is 2.47. The Morgan fingerprint density at radius 2 is 2.10 bits per heavy atom. The van der Waals surface area contributed by atoms with Crippen LogP contribution >= 0.6 is 0 Å². The summed E-state index contributed by atoms with van der Waals surface area (Å²) in [6.45, 7) is 10.3. The maximum atomic E-state index is 13.8. The van der Waals surface area contributed by atoms with Crippen molar-refractivity contribution >= 4 is 22.5 Å². The molecule has 2 unspecified atom stereocenters. The Labute approximate surface area is 185 Å². The number of amidine groups is 1. The Morgan fingerprint density at radius 3 is 2.74 bits per heavy atom. The Bertz CT molecular complexity index is 980. The Hall–Kier alpha value is -2.18. The van der Waals surface area contributed by atoms with Crippen molar-refractivity contribution in [2.24, 2.45) is 11.7 Å². The first kappa shape index (κ1) is 22.0. The molecule has 2 fully saturated rings. The van der Waals surface area contributed by atoms with Gasteiger partial charge in [0.1, 0.15) is 5.84 Å². The van der Waals surface area contributed by atoms with Crippen LogP contribution in [-0.2, 0) is 17.8 Å². The number of nitrogens with zero attached hydrogens (tertiary/aromatic N) is 2. The van der Waals surface area contributed by atoms with Crippen molar-refractivity contribution in [1.82, 2.24) is 14.8 Å². The zero-order valence-electron chi connectivity index (χ0n) is 19.2. The number of nitrogen functional groups attached to an aromatic ring is 1. The lowest BCUT2D eigenvalue weighted by atomic mass is 9.80. The Kier molecular flexibility index (Phi) is 6.22. The number of benzene rings is 1. The van der Waals surface area contributed by atoms with Gasteiger partial charge in [-0.2, -0.15) is 0 Å². The van der Waals surface area contributed by atoms with Crippen molar-refractivity contribution in [3.63, 3.8) is 0 Å². The van der Waals surface area contributed by atoms with Crippen LogP contribution in [-0.4, -0.2) is 52.3 Å². The van der Waals surface area contributed by atoms with Gasteiger partial charge in [0, 0.05) is 23.3 Å². The molecule has 0 amide bonds. The first-order chi connectivity index (χ1) is 14.9. The van der Waals surface area contributed by atoms with Crippen molar-refractivity contribution in [2.45, 2.75) is 71.0 Å². The van der Waals surface area contributed by atoms with E-state index in [1.807, 2.05) is 12.1 Å². The number of fused-ring (bicyclic) bond motifs is 1. The molecule has 3 atom stereocenters. The van der Waals surface area contributed by atoms with Gasteiger partial charge in [0.15, 0.2) is 5.78 Å². The van der Waals surface area contributed by atoms with E-state index in [0.717, 1.165) is 69.4 Å². The van der Waals surface area contributed by atoms with Crippen LogP contribution in [0.2, 0.25) is 0 Å². The summed E-state index contributed by atoms with van der Waals surface area (Å²) in [6, 6.07) is 8.29. The summed E-state index contributed by atoms with van der Waals surface area (Å²) in [5.74, 6) is 1.03. The van der Waals surface area contributed by atoms with E-state index in [1.165, 1.54) is 11.1 Å². The number of carbonyl (C=O) groups excluding carboxylic acids is 1. The summed E-state index contributed by atoms with van der Waals surface area (Å²) in [4.78, 5) is 16.2. The summed E-state index contributed by atoms with van der Waals surface area (Å²) in [6.07, 6.45) is 4.75. The standard InChI is InChI=1S/C25H37N5O/c1-4-29-12-6-7-21(29)23(31)25(15-17(3)16-28-25)11-10-20-13-18-8-9-19(24(26)27)14-22(18)30(20)5-2/h8-9,13-14,17,21,28H,4-7,10-12,15-16H2,1-3H3,(H3,26,27)/t17?,21-,25?/m1/s1. The molecule has 1 aromatic heterocycles. The van der Waals surface area contributed by atoms with Crippen LogP contribution in [0.5, 0.6) is 0 Å². The van der Waals surface area contributed by atoms with E-state index >= 15 is 0 Å². The highest BCUT2D eigenvalue weighted by molar-refractivity contribution is 5.98. The molecular weight excluding hydrogens is 386 g/mol. The molecule has 31 heavy (non-hydrogen) atoms. The van der Waals surface area contributed by atoms with E-state index < -0.39 is 5.54 Å². The number of aryl methyl sites for hydroxylation is 2. The molecule has 3 heterocycles. The molecule has 4 rings (SSSR count). The lowest BCUT2D eigenvalue weighted by Crippen LogP contribution is -2.55. The molecule has 4 N–H and O–H groups in total. The molecular formula is C25H37N5O. The normalized spacial score (nSPS) is 26.7. The summed E-state index contributed by atoms with van der Waals surface area (Å²) in [7, 11) is 0. The summed E-state index contributed by atoms with van der Waals surface area (Å²) >= 11 is 0. The van der Waals surface area contributed by atoms with Gasteiger partial charge in [-0.1, -0.05) is 26.0 Å². The molecule has 2 aliphatic heterocycles. The number of nitrogens with two attached hydrogens (primary N) is 1. The third kappa shape index (κ3) is 4.03. The molecule has 0 bridgehead atoms. The van der Waals surface area contributed by atoms with Crippen LogP contribution in [0.15, 0.2) is 24.3 Å². The number of nitrogens with one attached hydrogen (secondary N) is 2. The van der Waals surface area contributed by atoms with Crippen LogP contribution in [0, 0.1) is 11.3 Å². The molecule has 6 heteroatoms. The summed E-state index contributed by atoms with van der Waals surface area (Å²) in [5, 5.41) is 12.6. The van der Waals surface area contributed by atoms with Crippen molar-refractivity contribution < 1.29 is 4.79 Å². The van der Waals surface area contributed by atoms with Gasteiger partial charge in [-0.25, -0.2) is 0 Å². The number of Topliss-reactive ketones (excluding diaryl/α,β-unsaturated/α-hetero) is 1. The number of carbonyl (C=O) groups is 1. The van der Waals surface area contributed by atoms with E-state index in [1.54, 1.807) is 0 Å². The average Bonchev–Trinajstić information content (AvgIpc) is 3.47. The number of likely N-dealkylation sites (tertiary alicyclic amines) is 1. The zero-order chi connectivity index (χ0) is 22.2. The summed E-state index contributed by atoms with van der Waals surface area (Å²) in [5.41, 5.74) is 8.43. The third-order valence-electron chi connectivity index (χ3n) is 7.46. The van der Waals surface area contributed by atoms with E-state index in [2.05, 4.69) is 47.7 Å². The minimum atomic E-state index is -0.415. The van der Waals surface area contributed by atoms with Crippen molar-refractivity contribution in [3.8, 4) is 0 Å². The highest BCUT2D eigenvalue weighted by atomic mass is 16.1. The summed E-state index contributed by atoms with van der Waals surface area (Å²) < 4.78 is 2.31. The molecule has 168 valence electrons. The second kappa shape index (κ2) is 8.75. The number of ketones is 1. The van der Waals surface area contributed by atoms with Gasteiger partial charge >= 0.3 is 0 Å². The lowest BCUT2D eigenvalue weighted by Gasteiger charge is -2.34. The Balaban J connectivity index is 1.61. The molecule has 2 aromatic rings. The topological polar surface area (TPSA) is 87.1 Å². The van der Waals surface area contributed by atoms with Crippen molar-refractivity contribution in [3.05, 3.63) is 35.5 Å². The van der Waals surface area contributed by atoms with E-state index in [4.69, 9.17) is 11.1 Å². The van der Waals surface area contributed by atoms with Crippen LogP contribution in [0.3, 0.4) is 0 Å². The number of likely N-dealkylation sites (N-methyl/N-ethyl adjacent to an activating group) is 1. The van der Waals surface area contributed by atoms with Crippen LogP contribution in [0.4, 0.5) is 0 Å². The first-order valence-corrected chi connectivity index (χ1v) is 11.9. The van der Waals surface area contributed by atoms with Crippen molar-refractivity contribution in [2.75, 3.05) is 19.6 Å². The fourth-order valence-corrected chi connectivity index (χ4v) is 5.83. The number of hydrogen-bond acceptors (Lipinski definition) is 4. The second-order valence-corrected chi connectivity index (χ2v) is 9.49. The van der Waals surface area contributed by atoms with Crippen LogP contribution < -0.4 is 11.1 Å². The fourth-order valence-electron chi connectivity index (χ4n) is 5.83. The van der Waals surface area contributed by atoms with Crippen LogP contribution in [0.1, 0.15) is 57.7 Å². The quantitative estimate of drug-likeness (QED) is 0.449. The predicted molar refractivity (Wildman–Crippen MR) is 127 cm³/mol. The van der Waals surface area contributed by atoms with Crippen LogP contribution in [0.25, 0.3) is 10.9 Å². The number of aromatic nitrogens is 1. The molecule has 0 aliphatic carbocycles. The van der Waals surface area contributed by atoms with Gasteiger partial charge in [0.2, 0.25) is 0 Å². The van der Waals surface area contributed by atoms with Gasteiger partial charge < -0.3 is 15.6 Å². The lowest BCUT2D eigenvalue weighted by molar-refractivity contribution is -0.129. The monoisotopic (exact) mass is 423 g/mol. The highest BCUT2D eigenvalue weighted by Crippen LogP contribution is 2.34. The number of rotatable bonds is 8. The molecule has 0 spiro atoms. The minimum absolute atomic E-state index is 0.0676. The molecule has 0 saturated carbocycles. The van der Waals surface area contributed by atoms with Gasteiger partial charge in [-0.15, -0.1) is 0 Å². The SMILES string of the molecule is CCN1CCC[C@@H]1C(=O)C1(CCc2cc3ccc(C(=N)N)cc3n2CC)CC(C)CN1. The van der Waals surface area contributed by atoms with E-state index in [-0.39, 0.29) is 11.9 Å². The number of hydrogen-bond donors (Lipinski definition) is 3. The maximum absolute atomic E-state index is 13.8. The maximum Gasteiger partial charge on any atom is 0.169 e. The molecule has 6 nitrogen and oxygen atoms in total. The minimum Gasteiger partial charge on any atom is -0.384 e. The zero-order valence-corrected chi connectivity index (χ0v) is 19.2. The third-order valence-corrected chi connectivity index (χ3v) is 7.46. The Morgan fingerprint density at radius 1 is 1.29 bits per heavy atom. The first-order valence-electron chi connectivity index (χ1n) is 11.9. The molecule has 2 aliphatic rings. The van der Waals surface area contributed by atoms with Crippen molar-refractivity contribution in [1.29, 1.82) is 5.41 Å². The van der Waals surface area contributed by atoms with Gasteiger partial charge in [0.05, 0.1) is 11.6 Å². The van der Waals surface area contributed by atoms with Gasteiger partial charge in [-0.05, 0) is 82.1 Å². The van der Waals surface area contributed by atoms with E-state index in [9.17, 15) is 4.79 Å². The smallest absolute Gasteiger partial charge is 0.169 e. The van der Waals surface area contributed by atoms with E-state index in [0.29, 0.717) is 11.7 Å². The van der Waals surface area contributed by atoms with Gasteiger partial charge in [-0.3, -0.25) is 15.1 Å². The molecule has 1 aromatic carbocycles. The van der Waals surface area contributed by atoms with Gasteiger partial charge in [0.25, 0.3) is 0 Å². The average molecular weight is 424 g/mol. The largest absolute Gasteiger partial charge is 0.384 e.